The highest BCUT2D eigenvalue weighted by atomic mass is 32.2. The average molecular weight is 368 g/mol. The van der Waals surface area contributed by atoms with Crippen molar-refractivity contribution in [1.82, 2.24) is 20.2 Å². The third kappa shape index (κ3) is 3.94. The SMILES string of the molecule is CCOC(=O)[C@H](Sc1nnnn1-c1ccc(C)cc1C)c1ccccc1. The number of rotatable bonds is 6. The fourth-order valence-electron chi connectivity index (χ4n) is 2.65. The van der Waals surface area contributed by atoms with E-state index in [0.717, 1.165) is 16.8 Å². The lowest BCUT2D eigenvalue weighted by Gasteiger charge is -2.15. The van der Waals surface area contributed by atoms with Crippen LogP contribution in [-0.2, 0) is 9.53 Å². The summed E-state index contributed by atoms with van der Waals surface area (Å²) in [5.41, 5.74) is 3.97. The summed E-state index contributed by atoms with van der Waals surface area (Å²) >= 11 is 1.28. The molecule has 3 aromatic rings. The zero-order chi connectivity index (χ0) is 18.5. The molecule has 1 heterocycles. The monoisotopic (exact) mass is 368 g/mol. The topological polar surface area (TPSA) is 69.9 Å². The Morgan fingerprint density at radius 1 is 1.19 bits per heavy atom. The summed E-state index contributed by atoms with van der Waals surface area (Å²) < 4.78 is 6.92. The zero-order valence-electron chi connectivity index (χ0n) is 14.9. The fourth-order valence-corrected chi connectivity index (χ4v) is 3.64. The summed E-state index contributed by atoms with van der Waals surface area (Å²) in [4.78, 5) is 12.5. The minimum absolute atomic E-state index is 0.307. The van der Waals surface area contributed by atoms with Crippen LogP contribution in [0.1, 0.15) is 28.9 Å². The molecule has 0 aliphatic carbocycles. The Morgan fingerprint density at radius 2 is 1.96 bits per heavy atom. The van der Waals surface area contributed by atoms with Gasteiger partial charge >= 0.3 is 5.97 Å². The molecule has 3 rings (SSSR count). The van der Waals surface area contributed by atoms with E-state index in [2.05, 4.69) is 21.6 Å². The van der Waals surface area contributed by atoms with Gasteiger partial charge in [-0.05, 0) is 48.4 Å². The summed E-state index contributed by atoms with van der Waals surface area (Å²) in [7, 11) is 0. The van der Waals surface area contributed by atoms with Gasteiger partial charge in [-0.15, -0.1) is 5.10 Å². The molecule has 0 fully saturated rings. The van der Waals surface area contributed by atoms with Gasteiger partial charge in [-0.3, -0.25) is 4.79 Å². The number of hydrogen-bond acceptors (Lipinski definition) is 6. The minimum Gasteiger partial charge on any atom is -0.465 e. The molecule has 134 valence electrons. The first-order valence-electron chi connectivity index (χ1n) is 8.34. The number of hydrogen-bond donors (Lipinski definition) is 0. The smallest absolute Gasteiger partial charge is 0.324 e. The Morgan fingerprint density at radius 3 is 2.65 bits per heavy atom. The van der Waals surface area contributed by atoms with E-state index in [1.54, 1.807) is 11.6 Å². The molecule has 6 nitrogen and oxygen atoms in total. The van der Waals surface area contributed by atoms with E-state index in [-0.39, 0.29) is 5.97 Å². The molecule has 0 aliphatic rings. The number of aromatic nitrogens is 4. The highest BCUT2D eigenvalue weighted by Gasteiger charge is 2.26. The Bertz CT molecular complexity index is 896. The minimum atomic E-state index is -0.536. The number of nitrogens with zero attached hydrogens (tertiary/aromatic N) is 4. The molecule has 0 unspecified atom stereocenters. The van der Waals surface area contributed by atoms with E-state index in [0.29, 0.717) is 11.8 Å². The molecule has 0 N–H and O–H groups in total. The van der Waals surface area contributed by atoms with Crippen LogP contribution in [0.4, 0.5) is 0 Å². The van der Waals surface area contributed by atoms with Crippen molar-refractivity contribution in [2.75, 3.05) is 6.61 Å². The first-order valence-corrected chi connectivity index (χ1v) is 9.22. The maximum atomic E-state index is 12.5. The number of benzene rings is 2. The van der Waals surface area contributed by atoms with E-state index in [4.69, 9.17) is 4.74 Å². The van der Waals surface area contributed by atoms with Gasteiger partial charge in [-0.25, -0.2) is 0 Å². The second kappa shape index (κ2) is 8.14. The van der Waals surface area contributed by atoms with Gasteiger partial charge in [0.05, 0.1) is 12.3 Å². The quantitative estimate of drug-likeness (QED) is 0.488. The molecule has 0 bridgehead atoms. The normalized spacial score (nSPS) is 12.0. The molecule has 0 saturated carbocycles. The molecular weight excluding hydrogens is 348 g/mol. The standard InChI is InChI=1S/C19H20N4O2S/c1-4-25-18(24)17(15-8-6-5-7-9-15)26-19-20-21-22-23(19)16-11-10-13(2)12-14(16)3/h5-12,17H,4H2,1-3H3/t17-/m1/s1. The van der Waals surface area contributed by atoms with Crippen molar-refractivity contribution in [3.63, 3.8) is 0 Å². The maximum Gasteiger partial charge on any atom is 0.324 e. The van der Waals surface area contributed by atoms with E-state index in [1.807, 2.05) is 56.3 Å². The number of thioether (sulfide) groups is 1. The highest BCUT2D eigenvalue weighted by Crippen LogP contribution is 2.36. The lowest BCUT2D eigenvalue weighted by atomic mass is 10.1. The van der Waals surface area contributed by atoms with Crippen LogP contribution < -0.4 is 0 Å². The second-order valence-corrected chi connectivity index (χ2v) is 6.90. The number of aryl methyl sites for hydroxylation is 2. The van der Waals surface area contributed by atoms with Crippen molar-refractivity contribution < 1.29 is 9.53 Å². The van der Waals surface area contributed by atoms with Crippen molar-refractivity contribution in [1.29, 1.82) is 0 Å². The van der Waals surface area contributed by atoms with Crippen LogP contribution in [0, 0.1) is 13.8 Å². The van der Waals surface area contributed by atoms with Gasteiger partial charge in [-0.2, -0.15) is 4.68 Å². The van der Waals surface area contributed by atoms with E-state index >= 15 is 0 Å². The van der Waals surface area contributed by atoms with Crippen molar-refractivity contribution in [2.45, 2.75) is 31.2 Å². The molecule has 0 aliphatic heterocycles. The van der Waals surface area contributed by atoms with Crippen LogP contribution >= 0.6 is 11.8 Å². The van der Waals surface area contributed by atoms with E-state index < -0.39 is 5.25 Å². The predicted octanol–water partition coefficient (Wildman–Crippen LogP) is 3.68. The Kier molecular flexibility index (Phi) is 5.68. The lowest BCUT2D eigenvalue weighted by molar-refractivity contribution is -0.142. The zero-order valence-corrected chi connectivity index (χ0v) is 15.7. The fraction of sp³-hybridized carbons (Fsp3) is 0.263. The van der Waals surface area contributed by atoms with Crippen LogP contribution in [0.2, 0.25) is 0 Å². The first kappa shape index (κ1) is 18.1. The molecule has 2 aromatic carbocycles. The third-order valence-corrected chi connectivity index (χ3v) is 5.01. The van der Waals surface area contributed by atoms with Crippen LogP contribution in [0.3, 0.4) is 0 Å². The van der Waals surface area contributed by atoms with Gasteiger partial charge in [0, 0.05) is 0 Å². The third-order valence-electron chi connectivity index (χ3n) is 3.85. The highest BCUT2D eigenvalue weighted by molar-refractivity contribution is 8.00. The number of esters is 1. The summed E-state index contributed by atoms with van der Waals surface area (Å²) in [6.45, 7) is 6.17. The molecule has 7 heteroatoms. The van der Waals surface area contributed by atoms with Gasteiger partial charge in [0.15, 0.2) is 0 Å². The van der Waals surface area contributed by atoms with Gasteiger partial charge < -0.3 is 4.74 Å². The summed E-state index contributed by atoms with van der Waals surface area (Å²) in [5, 5.41) is 12.0. The molecule has 1 aromatic heterocycles. The van der Waals surface area contributed by atoms with Gasteiger partial charge in [0.2, 0.25) is 5.16 Å². The Labute approximate surface area is 156 Å². The summed E-state index contributed by atoms with van der Waals surface area (Å²) in [6, 6.07) is 15.6. The Hall–Kier alpha value is -2.67. The van der Waals surface area contributed by atoms with Crippen molar-refractivity contribution >= 4 is 17.7 Å². The molecule has 1 atom stereocenters. The van der Waals surface area contributed by atoms with Crippen LogP contribution in [0.25, 0.3) is 5.69 Å². The number of tetrazole rings is 1. The molecule has 0 amide bonds. The summed E-state index contributed by atoms with van der Waals surface area (Å²) in [5.74, 6) is -0.307. The average Bonchev–Trinajstić information content (AvgIpc) is 3.08. The number of ether oxygens (including phenoxy) is 1. The molecule has 26 heavy (non-hydrogen) atoms. The Balaban J connectivity index is 1.96. The number of carbonyl (C=O) groups excluding carboxylic acids is 1. The first-order chi connectivity index (χ1) is 12.6. The molecule has 0 saturated heterocycles. The molecular formula is C19H20N4O2S. The van der Waals surface area contributed by atoms with E-state index in [1.165, 1.54) is 17.3 Å². The predicted molar refractivity (Wildman–Crippen MR) is 100 cm³/mol. The van der Waals surface area contributed by atoms with Gasteiger partial charge in [-0.1, -0.05) is 59.8 Å². The van der Waals surface area contributed by atoms with Crippen molar-refractivity contribution in [3.8, 4) is 5.69 Å². The van der Waals surface area contributed by atoms with Gasteiger partial charge in [0.1, 0.15) is 5.25 Å². The van der Waals surface area contributed by atoms with Crippen LogP contribution in [-0.4, -0.2) is 32.8 Å². The van der Waals surface area contributed by atoms with Crippen molar-refractivity contribution in [3.05, 3.63) is 65.2 Å². The van der Waals surface area contributed by atoms with Crippen molar-refractivity contribution in [2.24, 2.45) is 0 Å². The summed E-state index contributed by atoms with van der Waals surface area (Å²) in [6.07, 6.45) is 0. The van der Waals surface area contributed by atoms with Crippen LogP contribution in [0.5, 0.6) is 0 Å². The second-order valence-electron chi connectivity index (χ2n) is 5.82. The van der Waals surface area contributed by atoms with Gasteiger partial charge in [0.25, 0.3) is 0 Å². The number of carbonyl (C=O) groups is 1. The maximum absolute atomic E-state index is 12.5. The molecule has 0 spiro atoms. The lowest BCUT2D eigenvalue weighted by Crippen LogP contribution is -2.14. The van der Waals surface area contributed by atoms with Crippen LogP contribution in [0.15, 0.2) is 53.7 Å². The van der Waals surface area contributed by atoms with E-state index in [9.17, 15) is 4.79 Å². The molecule has 0 radical (unpaired) electrons. The largest absolute Gasteiger partial charge is 0.465 e.